The molecule has 0 saturated carbocycles. The summed E-state index contributed by atoms with van der Waals surface area (Å²) in [5.41, 5.74) is 1.59. The normalized spacial score (nSPS) is 19.5. The molecule has 9 heteroatoms. The molecule has 2 aliphatic heterocycles. The predicted octanol–water partition coefficient (Wildman–Crippen LogP) is 1.29. The average molecular weight is 405 g/mol. The number of carbonyl (C=O) groups excluding carboxylic acids is 3. The summed E-state index contributed by atoms with van der Waals surface area (Å²) >= 11 is 0. The van der Waals surface area contributed by atoms with E-state index in [9.17, 15) is 18.8 Å². The first-order valence-electron chi connectivity index (χ1n) is 9.49. The summed E-state index contributed by atoms with van der Waals surface area (Å²) in [5, 5.41) is 11.6. The Balaban J connectivity index is 1.69. The quantitative estimate of drug-likeness (QED) is 0.769. The van der Waals surface area contributed by atoms with Crippen LogP contribution in [0.15, 0.2) is 24.3 Å². The van der Waals surface area contributed by atoms with Crippen LogP contribution in [-0.4, -0.2) is 66.8 Å². The van der Waals surface area contributed by atoms with Gasteiger partial charge in [-0.15, -0.1) is 0 Å². The van der Waals surface area contributed by atoms with Crippen LogP contribution >= 0.6 is 0 Å². The van der Waals surface area contributed by atoms with Crippen LogP contribution in [0.25, 0.3) is 5.57 Å². The Morgan fingerprint density at radius 2 is 2.14 bits per heavy atom. The van der Waals surface area contributed by atoms with Gasteiger partial charge >= 0.3 is 6.09 Å². The van der Waals surface area contributed by atoms with Crippen LogP contribution in [0.4, 0.5) is 14.9 Å². The summed E-state index contributed by atoms with van der Waals surface area (Å²) in [4.78, 5) is 37.7. The largest absolute Gasteiger partial charge is 0.442 e. The first-order valence-corrected chi connectivity index (χ1v) is 9.49. The third-order valence-electron chi connectivity index (χ3n) is 4.99. The van der Waals surface area contributed by atoms with Crippen molar-refractivity contribution in [2.45, 2.75) is 25.9 Å². The van der Waals surface area contributed by atoms with Crippen LogP contribution in [0.5, 0.6) is 0 Å². The van der Waals surface area contributed by atoms with Crippen molar-refractivity contribution < 1.29 is 28.6 Å². The lowest BCUT2D eigenvalue weighted by molar-refractivity contribution is -0.134. The Morgan fingerprint density at radius 3 is 2.83 bits per heavy atom. The molecule has 156 valence electrons. The molecular formula is C20H24FN3O5. The number of halogens is 1. The maximum atomic E-state index is 14.8. The fraction of sp³-hybridized carbons (Fsp3) is 0.450. The monoisotopic (exact) mass is 405 g/mol. The zero-order chi connectivity index (χ0) is 21.0. The molecule has 1 aromatic carbocycles. The standard InChI is InChI=1S/C20H24FN3O5/c1-13(26)22-10-16-11-24(20(28)29-16)15-4-5-17(18(21)9-15)14-3-2-7-23(8-6-14)19(27)12-25/h3-5,9,16,25H,2,6-8,10-12H2,1H3,(H,22,26). The van der Waals surface area contributed by atoms with E-state index in [-0.39, 0.29) is 24.9 Å². The molecule has 0 aromatic heterocycles. The van der Waals surface area contributed by atoms with E-state index < -0.39 is 24.6 Å². The van der Waals surface area contributed by atoms with Crippen molar-refractivity contribution in [3.8, 4) is 0 Å². The Bertz CT molecular complexity index is 841. The van der Waals surface area contributed by atoms with Crippen molar-refractivity contribution in [3.05, 3.63) is 35.7 Å². The van der Waals surface area contributed by atoms with Crippen LogP contribution in [-0.2, 0) is 14.3 Å². The van der Waals surface area contributed by atoms with Crippen LogP contribution in [0, 0.1) is 5.82 Å². The van der Waals surface area contributed by atoms with E-state index in [0.717, 1.165) is 5.57 Å². The number of aliphatic hydroxyl groups is 1. The molecule has 0 bridgehead atoms. The Hall–Kier alpha value is -2.94. The van der Waals surface area contributed by atoms with E-state index in [1.807, 2.05) is 6.08 Å². The number of rotatable bonds is 5. The highest BCUT2D eigenvalue weighted by atomic mass is 19.1. The molecule has 1 unspecified atom stereocenters. The van der Waals surface area contributed by atoms with E-state index in [1.165, 1.54) is 17.9 Å². The highest BCUT2D eigenvalue weighted by Crippen LogP contribution is 2.29. The third kappa shape index (κ3) is 4.92. The van der Waals surface area contributed by atoms with Gasteiger partial charge in [-0.05, 0) is 36.6 Å². The summed E-state index contributed by atoms with van der Waals surface area (Å²) < 4.78 is 20.0. The number of nitrogens with zero attached hydrogens (tertiary/aromatic N) is 2. The van der Waals surface area contributed by atoms with Gasteiger partial charge in [0, 0.05) is 25.6 Å². The maximum Gasteiger partial charge on any atom is 0.414 e. The van der Waals surface area contributed by atoms with E-state index in [1.54, 1.807) is 17.0 Å². The third-order valence-corrected chi connectivity index (χ3v) is 4.99. The minimum Gasteiger partial charge on any atom is -0.442 e. The zero-order valence-corrected chi connectivity index (χ0v) is 16.2. The second-order valence-corrected chi connectivity index (χ2v) is 7.02. The second-order valence-electron chi connectivity index (χ2n) is 7.02. The molecule has 1 fully saturated rings. The molecule has 2 heterocycles. The van der Waals surface area contributed by atoms with Gasteiger partial charge in [-0.25, -0.2) is 9.18 Å². The molecule has 3 amide bonds. The fourth-order valence-corrected chi connectivity index (χ4v) is 3.49. The number of amides is 3. The van der Waals surface area contributed by atoms with Crippen molar-refractivity contribution in [1.82, 2.24) is 10.2 Å². The summed E-state index contributed by atoms with van der Waals surface area (Å²) in [7, 11) is 0. The Labute approximate surface area is 167 Å². The number of aliphatic hydroxyl groups excluding tert-OH is 1. The highest BCUT2D eigenvalue weighted by Gasteiger charge is 2.32. The van der Waals surface area contributed by atoms with Crippen molar-refractivity contribution in [3.63, 3.8) is 0 Å². The first kappa shape index (κ1) is 20.8. The minimum absolute atomic E-state index is 0.202. The lowest BCUT2D eigenvalue weighted by Crippen LogP contribution is -2.34. The number of hydrogen-bond acceptors (Lipinski definition) is 5. The van der Waals surface area contributed by atoms with Gasteiger partial charge in [0.05, 0.1) is 18.8 Å². The summed E-state index contributed by atoms with van der Waals surface area (Å²) in [6.07, 6.45) is 1.88. The Morgan fingerprint density at radius 1 is 1.34 bits per heavy atom. The van der Waals surface area contributed by atoms with Crippen molar-refractivity contribution in [2.24, 2.45) is 0 Å². The van der Waals surface area contributed by atoms with Crippen molar-refractivity contribution >= 4 is 29.2 Å². The number of carbonyl (C=O) groups is 3. The van der Waals surface area contributed by atoms with Gasteiger partial charge in [-0.2, -0.15) is 0 Å². The number of benzene rings is 1. The van der Waals surface area contributed by atoms with Gasteiger partial charge in [0.1, 0.15) is 18.5 Å². The van der Waals surface area contributed by atoms with Gasteiger partial charge in [0.15, 0.2) is 0 Å². The lowest BCUT2D eigenvalue weighted by Gasteiger charge is -2.19. The summed E-state index contributed by atoms with van der Waals surface area (Å²) in [6.45, 7) is 2.16. The topological polar surface area (TPSA) is 99.2 Å². The molecule has 8 nitrogen and oxygen atoms in total. The van der Waals surface area contributed by atoms with E-state index >= 15 is 0 Å². The second kappa shape index (κ2) is 9.04. The number of ether oxygens (including phenoxy) is 1. The molecule has 0 aliphatic carbocycles. The van der Waals surface area contributed by atoms with Gasteiger partial charge < -0.3 is 20.1 Å². The summed E-state index contributed by atoms with van der Waals surface area (Å²) in [6, 6.07) is 4.57. The molecule has 0 spiro atoms. The van der Waals surface area contributed by atoms with E-state index in [4.69, 9.17) is 9.84 Å². The molecule has 29 heavy (non-hydrogen) atoms. The molecular weight excluding hydrogens is 381 g/mol. The van der Waals surface area contributed by atoms with Gasteiger partial charge in [-0.1, -0.05) is 6.08 Å². The maximum absolute atomic E-state index is 14.8. The number of hydrogen-bond donors (Lipinski definition) is 2. The SMILES string of the molecule is CC(=O)NCC1CN(c2ccc(C3=CCCN(C(=O)CO)CC3)c(F)c2)C(=O)O1. The van der Waals surface area contributed by atoms with Crippen molar-refractivity contribution in [1.29, 1.82) is 0 Å². The molecule has 0 radical (unpaired) electrons. The predicted molar refractivity (Wildman–Crippen MR) is 104 cm³/mol. The van der Waals surface area contributed by atoms with Gasteiger partial charge in [0.25, 0.3) is 0 Å². The number of cyclic esters (lactones) is 1. The summed E-state index contributed by atoms with van der Waals surface area (Å²) in [5.74, 6) is -1.02. The fourth-order valence-electron chi connectivity index (χ4n) is 3.49. The van der Waals surface area contributed by atoms with Crippen LogP contribution < -0.4 is 10.2 Å². The van der Waals surface area contributed by atoms with Crippen LogP contribution in [0.2, 0.25) is 0 Å². The van der Waals surface area contributed by atoms with Gasteiger partial charge in [0.2, 0.25) is 11.8 Å². The molecule has 1 aromatic rings. The molecule has 1 atom stereocenters. The molecule has 3 rings (SSSR count). The molecule has 2 aliphatic rings. The van der Waals surface area contributed by atoms with E-state index in [2.05, 4.69) is 5.32 Å². The van der Waals surface area contributed by atoms with E-state index in [0.29, 0.717) is 37.2 Å². The minimum atomic E-state index is -0.584. The zero-order valence-electron chi connectivity index (χ0n) is 16.2. The number of anilines is 1. The average Bonchev–Trinajstić information content (AvgIpc) is 2.90. The smallest absolute Gasteiger partial charge is 0.414 e. The highest BCUT2D eigenvalue weighted by molar-refractivity contribution is 5.90. The van der Waals surface area contributed by atoms with Gasteiger partial charge in [-0.3, -0.25) is 14.5 Å². The first-order chi connectivity index (χ1) is 13.9. The Kier molecular flexibility index (Phi) is 6.48. The number of nitrogens with one attached hydrogen (secondary N) is 1. The lowest BCUT2D eigenvalue weighted by atomic mass is 10.0. The van der Waals surface area contributed by atoms with Crippen molar-refractivity contribution in [2.75, 3.05) is 37.7 Å². The van der Waals surface area contributed by atoms with Crippen LogP contribution in [0.3, 0.4) is 0 Å². The molecule has 2 N–H and O–H groups in total. The molecule has 1 saturated heterocycles. The van der Waals surface area contributed by atoms with Crippen LogP contribution in [0.1, 0.15) is 25.3 Å².